The molecule has 0 aliphatic heterocycles. The van der Waals surface area contributed by atoms with Crippen molar-refractivity contribution < 1.29 is 28.6 Å². The summed E-state index contributed by atoms with van der Waals surface area (Å²) in [6, 6.07) is 0. The van der Waals surface area contributed by atoms with Crippen LogP contribution < -0.4 is 0 Å². The highest BCUT2D eigenvalue weighted by molar-refractivity contribution is 5.71. The molecule has 0 aromatic carbocycles. The molecular weight excluding hydrogens is 781 g/mol. The molecule has 0 fully saturated rings. The largest absolute Gasteiger partial charge is 0.462 e. The molecule has 6 heteroatoms. The summed E-state index contributed by atoms with van der Waals surface area (Å²) in [5.74, 6) is -0.939. The number of esters is 3. The normalized spacial score (nSPS) is 12.6. The molecular formula is C57H98O6. The molecule has 0 N–H and O–H groups in total. The third-order valence-electron chi connectivity index (χ3n) is 11.3. The Labute approximate surface area is 389 Å². The fraction of sp³-hybridized carbons (Fsp3) is 0.737. The van der Waals surface area contributed by atoms with Gasteiger partial charge >= 0.3 is 17.9 Å². The zero-order valence-electron chi connectivity index (χ0n) is 41.3. The van der Waals surface area contributed by atoms with Crippen LogP contribution in [0.1, 0.15) is 252 Å². The van der Waals surface area contributed by atoms with Crippen molar-refractivity contribution in [3.8, 4) is 0 Å². The van der Waals surface area contributed by atoms with Crippen LogP contribution in [0, 0.1) is 0 Å². The third kappa shape index (κ3) is 49.7. The lowest BCUT2D eigenvalue weighted by atomic mass is 10.0. The summed E-state index contributed by atoms with van der Waals surface area (Å²) in [4.78, 5) is 38.0. The van der Waals surface area contributed by atoms with Gasteiger partial charge < -0.3 is 14.2 Å². The van der Waals surface area contributed by atoms with Crippen LogP contribution in [0.4, 0.5) is 0 Å². The van der Waals surface area contributed by atoms with Gasteiger partial charge in [-0.2, -0.15) is 0 Å². The Kier molecular flexibility index (Phi) is 48.9. The summed E-state index contributed by atoms with van der Waals surface area (Å²) in [6.45, 7) is 6.44. The number of carbonyl (C=O) groups is 3. The molecule has 1 atom stereocenters. The molecule has 0 amide bonds. The molecule has 0 rings (SSSR count). The van der Waals surface area contributed by atoms with E-state index in [4.69, 9.17) is 14.2 Å². The van der Waals surface area contributed by atoms with Gasteiger partial charge in [-0.05, 0) is 64.2 Å². The average molecular weight is 879 g/mol. The number of unbranched alkanes of at least 4 members (excludes halogenated alkanes) is 28. The van der Waals surface area contributed by atoms with Gasteiger partial charge in [0.15, 0.2) is 6.10 Å². The molecule has 0 saturated carbocycles. The van der Waals surface area contributed by atoms with E-state index in [-0.39, 0.29) is 31.1 Å². The maximum Gasteiger partial charge on any atom is 0.306 e. The van der Waals surface area contributed by atoms with Crippen molar-refractivity contribution in [1.82, 2.24) is 0 Å². The van der Waals surface area contributed by atoms with E-state index in [0.717, 1.165) is 83.5 Å². The van der Waals surface area contributed by atoms with Crippen LogP contribution in [0.25, 0.3) is 0 Å². The van der Waals surface area contributed by atoms with E-state index in [1.165, 1.54) is 128 Å². The van der Waals surface area contributed by atoms with Crippen LogP contribution in [0.5, 0.6) is 0 Å². The number of rotatable bonds is 47. The summed E-state index contributed by atoms with van der Waals surface area (Å²) < 4.78 is 16.8. The van der Waals surface area contributed by atoms with Crippen molar-refractivity contribution >= 4 is 17.9 Å². The predicted octanol–water partition coefficient (Wildman–Crippen LogP) is 17.4. The molecule has 0 heterocycles. The maximum atomic E-state index is 12.8. The lowest BCUT2D eigenvalue weighted by molar-refractivity contribution is -0.167. The van der Waals surface area contributed by atoms with Crippen molar-refractivity contribution in [1.29, 1.82) is 0 Å². The molecule has 0 aromatic rings. The molecule has 0 saturated heterocycles. The summed E-state index contributed by atoms with van der Waals surface area (Å²) >= 11 is 0. The second-order valence-electron chi connectivity index (χ2n) is 17.5. The van der Waals surface area contributed by atoms with Gasteiger partial charge in [0.1, 0.15) is 13.2 Å². The Bertz CT molecular complexity index is 1190. The Morgan fingerprint density at radius 3 is 1.03 bits per heavy atom. The zero-order valence-corrected chi connectivity index (χ0v) is 41.3. The van der Waals surface area contributed by atoms with Crippen LogP contribution in [-0.4, -0.2) is 37.2 Å². The van der Waals surface area contributed by atoms with Gasteiger partial charge in [-0.3, -0.25) is 14.4 Å². The highest BCUT2D eigenvalue weighted by atomic mass is 16.6. The Morgan fingerprint density at radius 2 is 0.619 bits per heavy atom. The van der Waals surface area contributed by atoms with E-state index in [2.05, 4.69) is 57.2 Å². The van der Waals surface area contributed by atoms with E-state index < -0.39 is 6.10 Å². The van der Waals surface area contributed by atoms with E-state index >= 15 is 0 Å². The van der Waals surface area contributed by atoms with Crippen molar-refractivity contribution in [3.63, 3.8) is 0 Å². The smallest absolute Gasteiger partial charge is 0.306 e. The quantitative estimate of drug-likeness (QED) is 0.0262. The minimum Gasteiger partial charge on any atom is -0.462 e. The lowest BCUT2D eigenvalue weighted by Crippen LogP contribution is -2.30. The third-order valence-corrected chi connectivity index (χ3v) is 11.3. The van der Waals surface area contributed by atoms with Gasteiger partial charge in [0.25, 0.3) is 0 Å². The van der Waals surface area contributed by atoms with Crippen molar-refractivity contribution in [3.05, 3.63) is 72.9 Å². The first-order chi connectivity index (χ1) is 31.0. The molecule has 6 nitrogen and oxygen atoms in total. The number of allylic oxidation sites excluding steroid dienone is 12. The molecule has 0 aliphatic rings. The SMILES string of the molecule is CC\C=C/C=C\C=C/C=C\CCCCCC(=O)OCC(COC(=O)CCCCCCCCCCCCCCCCCCC)OC(=O)CCCCCCCC/C=C\C=C/CCCCC. The molecule has 0 radical (unpaired) electrons. The Balaban J connectivity index is 4.42. The van der Waals surface area contributed by atoms with Crippen molar-refractivity contribution in [2.75, 3.05) is 13.2 Å². The van der Waals surface area contributed by atoms with E-state index in [1.54, 1.807) is 0 Å². The van der Waals surface area contributed by atoms with Gasteiger partial charge in [-0.15, -0.1) is 0 Å². The van der Waals surface area contributed by atoms with Gasteiger partial charge in [-0.25, -0.2) is 0 Å². The maximum absolute atomic E-state index is 12.8. The first kappa shape index (κ1) is 59.9. The summed E-state index contributed by atoms with van der Waals surface area (Å²) in [5.41, 5.74) is 0. The molecule has 0 aliphatic carbocycles. The van der Waals surface area contributed by atoms with Crippen LogP contribution in [-0.2, 0) is 28.6 Å². The van der Waals surface area contributed by atoms with Gasteiger partial charge in [-0.1, -0.05) is 241 Å². The molecule has 63 heavy (non-hydrogen) atoms. The van der Waals surface area contributed by atoms with Gasteiger partial charge in [0.05, 0.1) is 0 Å². The molecule has 362 valence electrons. The Morgan fingerprint density at radius 1 is 0.333 bits per heavy atom. The van der Waals surface area contributed by atoms with Crippen molar-refractivity contribution in [2.24, 2.45) is 0 Å². The summed E-state index contributed by atoms with van der Waals surface area (Å²) in [5, 5.41) is 0. The predicted molar refractivity (Wildman–Crippen MR) is 270 cm³/mol. The van der Waals surface area contributed by atoms with Crippen molar-refractivity contribution in [2.45, 2.75) is 258 Å². The van der Waals surface area contributed by atoms with E-state index in [9.17, 15) is 14.4 Å². The monoisotopic (exact) mass is 879 g/mol. The highest BCUT2D eigenvalue weighted by Crippen LogP contribution is 2.16. The summed E-state index contributed by atoms with van der Waals surface area (Å²) in [7, 11) is 0. The molecule has 1 unspecified atom stereocenters. The number of hydrogen-bond donors (Lipinski definition) is 0. The first-order valence-electron chi connectivity index (χ1n) is 26.5. The first-order valence-corrected chi connectivity index (χ1v) is 26.5. The number of hydrogen-bond acceptors (Lipinski definition) is 6. The van der Waals surface area contributed by atoms with E-state index in [0.29, 0.717) is 19.3 Å². The molecule has 0 bridgehead atoms. The molecule has 0 spiro atoms. The fourth-order valence-electron chi connectivity index (χ4n) is 7.33. The standard InChI is InChI=1S/C57H98O6/c1-4-7-10-13-16-19-22-25-27-28-30-32-35-38-41-44-47-50-56(59)62-53-54(52-61-55(58)49-46-43-40-37-34-31-24-21-18-15-12-9-6-3)63-57(60)51-48-45-42-39-36-33-29-26-23-20-17-14-11-8-5-2/h9,12,15,17-18,20-21,23-24,26,31,34,54H,4-8,10-11,13-14,16,19,22,25,27-30,32-33,35-53H2,1-3H3/b12-9-,18-15-,20-17-,24-21-,26-23-,34-31-. The average Bonchev–Trinajstić information content (AvgIpc) is 3.28. The lowest BCUT2D eigenvalue weighted by Gasteiger charge is -2.18. The van der Waals surface area contributed by atoms with E-state index in [1.807, 2.05) is 36.5 Å². The molecule has 0 aromatic heterocycles. The second-order valence-corrected chi connectivity index (χ2v) is 17.5. The minimum absolute atomic E-state index is 0.0913. The highest BCUT2D eigenvalue weighted by Gasteiger charge is 2.19. The van der Waals surface area contributed by atoms with Gasteiger partial charge in [0.2, 0.25) is 0 Å². The zero-order chi connectivity index (χ0) is 45.8. The van der Waals surface area contributed by atoms with Gasteiger partial charge in [0, 0.05) is 19.3 Å². The number of carbonyl (C=O) groups excluding carboxylic acids is 3. The van der Waals surface area contributed by atoms with Crippen LogP contribution in [0.3, 0.4) is 0 Å². The van der Waals surface area contributed by atoms with Crippen LogP contribution >= 0.6 is 0 Å². The van der Waals surface area contributed by atoms with Crippen LogP contribution in [0.15, 0.2) is 72.9 Å². The topological polar surface area (TPSA) is 78.9 Å². The fourth-order valence-corrected chi connectivity index (χ4v) is 7.33. The summed E-state index contributed by atoms with van der Waals surface area (Å²) in [6.07, 6.45) is 64.6. The minimum atomic E-state index is -0.795. The Hall–Kier alpha value is -3.15. The van der Waals surface area contributed by atoms with Crippen LogP contribution in [0.2, 0.25) is 0 Å². The number of ether oxygens (including phenoxy) is 3. The second kappa shape index (κ2) is 51.5.